The molecule has 0 radical (unpaired) electrons. The molecule has 1 aliphatic rings. The average molecular weight is 702 g/mol. The number of hydrogen-bond donors (Lipinski definition) is 1. The Hall–Kier alpha value is -2.20. The Kier molecular flexibility index (Phi) is 12.5. The summed E-state index contributed by atoms with van der Waals surface area (Å²) in [5.74, 6) is 2.30. The second-order valence-corrected chi connectivity index (χ2v) is 20.5. The van der Waals surface area contributed by atoms with Crippen LogP contribution in [0.4, 0.5) is 0 Å². The van der Waals surface area contributed by atoms with Gasteiger partial charge in [-0.25, -0.2) is 4.79 Å². The van der Waals surface area contributed by atoms with Crippen LogP contribution < -0.4 is 14.5 Å². The molecule has 0 bridgehead atoms. The number of nitrogens with zero attached hydrogens (tertiary/aromatic N) is 2. The van der Waals surface area contributed by atoms with Crippen LogP contribution in [-0.4, -0.2) is 70.2 Å². The van der Waals surface area contributed by atoms with Gasteiger partial charge in [0.1, 0.15) is 17.5 Å². The molecule has 0 fully saturated rings. The summed E-state index contributed by atoms with van der Waals surface area (Å²) < 4.78 is 52.7. The fraction of sp³-hybridized carbons (Fsp3) is 0.667. The molecule has 1 aliphatic heterocycles. The summed E-state index contributed by atoms with van der Waals surface area (Å²) in [6.07, 6.45) is 1.81. The van der Waals surface area contributed by atoms with Crippen molar-refractivity contribution in [2.75, 3.05) is 32.3 Å². The molecule has 1 aromatic carbocycles. The summed E-state index contributed by atoms with van der Waals surface area (Å²) in [5.41, 5.74) is 1.71. The molecule has 252 valence electrons. The predicted molar refractivity (Wildman–Crippen MR) is 182 cm³/mol. The van der Waals surface area contributed by atoms with Crippen LogP contribution in [0.1, 0.15) is 79.8 Å². The zero-order valence-electron chi connectivity index (χ0n) is 27.9. The molecule has 1 aromatic heterocycles. The number of benzene rings is 1. The van der Waals surface area contributed by atoms with Gasteiger partial charge in [0.05, 0.1) is 37.1 Å². The van der Waals surface area contributed by atoms with Gasteiger partial charge >= 0.3 is 5.97 Å². The maximum absolute atomic E-state index is 13.9. The van der Waals surface area contributed by atoms with Crippen LogP contribution in [0.3, 0.4) is 0 Å². The summed E-state index contributed by atoms with van der Waals surface area (Å²) in [6, 6.07) is 1.48. The summed E-state index contributed by atoms with van der Waals surface area (Å²) in [5, 5.41) is 7.21. The Balaban J connectivity index is 2.13. The molecule has 0 unspecified atom stereocenters. The van der Waals surface area contributed by atoms with Crippen molar-refractivity contribution in [2.45, 2.75) is 84.3 Å². The summed E-state index contributed by atoms with van der Waals surface area (Å²) in [7, 11) is -4.57. The maximum atomic E-state index is 13.9. The number of fused-ring (bicyclic) bond motifs is 1. The van der Waals surface area contributed by atoms with Crippen LogP contribution >= 0.6 is 24.0 Å². The Bertz CT molecular complexity index is 1480. The van der Waals surface area contributed by atoms with E-state index in [1.165, 1.54) is 0 Å². The molecule has 3 rings (SSSR count). The van der Waals surface area contributed by atoms with Crippen molar-refractivity contribution in [3.63, 3.8) is 0 Å². The van der Waals surface area contributed by atoms with Gasteiger partial charge in [-0.1, -0.05) is 45.1 Å². The number of rotatable bonds is 9. The minimum Gasteiger partial charge on any atom is -0.543 e. The van der Waals surface area contributed by atoms with E-state index in [1.54, 1.807) is 25.8 Å². The quantitative estimate of drug-likeness (QED) is 0.139. The largest absolute Gasteiger partial charge is 0.543 e. The number of nitrogens with one attached hydrogen (secondary N) is 1. The number of ether oxygens (including phenoxy) is 2. The van der Waals surface area contributed by atoms with E-state index in [0.717, 1.165) is 6.26 Å². The fourth-order valence-electron chi connectivity index (χ4n) is 4.82. The van der Waals surface area contributed by atoms with E-state index in [0.29, 0.717) is 75.2 Å². The highest BCUT2D eigenvalue weighted by Crippen LogP contribution is 2.47. The summed E-state index contributed by atoms with van der Waals surface area (Å²) >= 11 is 7.23. The minimum absolute atomic E-state index is 0.0662. The molecule has 0 spiro atoms. The number of cyclic esters (lactones) is 1. The number of methoxy groups -OCH3 is 1. The van der Waals surface area contributed by atoms with Crippen LogP contribution in [0.25, 0.3) is 0 Å². The fourth-order valence-corrected chi connectivity index (χ4v) is 8.98. The van der Waals surface area contributed by atoms with Crippen LogP contribution in [-0.2, 0) is 24.8 Å². The third-order valence-corrected chi connectivity index (χ3v) is 15.2. The third-order valence-electron chi connectivity index (χ3n) is 8.85. The van der Waals surface area contributed by atoms with Crippen LogP contribution in [0, 0.1) is 25.7 Å². The number of esters is 1. The SMILES string of the molecule is COc1cc(O[Si](C)(C)C(C)(C)C(C)C)c2c(c1C)C(=O)OC[C@H](COS(C)(=O)=O)CCC(=S)N[C@H](c1nc(C)no1)CSC2. The standard InChI is InChI=1S/C30H47N3O8S3Si/c1-18(2)30(5,6)45(9,10)41-25-13-24(37-7)19(3)27-22(25)16-43-17-23(28-31-20(4)33-40-28)32-26(42)12-11-21(14-38-29(27)34)15-39-44(8,35)36/h13,18,21,23H,11-12,14-17H2,1-10H3,(H,32,42)/t21-,23+/m1/s1. The van der Waals surface area contributed by atoms with Crippen molar-refractivity contribution in [3.05, 3.63) is 34.5 Å². The molecule has 0 aliphatic carbocycles. The highest BCUT2D eigenvalue weighted by molar-refractivity contribution is 7.98. The number of aryl methyl sites for hydroxylation is 1. The third kappa shape index (κ3) is 9.66. The second-order valence-electron chi connectivity index (χ2n) is 12.9. The van der Waals surface area contributed by atoms with Gasteiger partial charge in [-0.2, -0.15) is 25.2 Å². The summed E-state index contributed by atoms with van der Waals surface area (Å²) in [6.45, 7) is 16.6. The van der Waals surface area contributed by atoms with Gasteiger partial charge in [-0.05, 0) is 50.7 Å². The normalized spacial score (nSPS) is 19.4. The molecule has 45 heavy (non-hydrogen) atoms. The number of aromatic nitrogens is 2. The highest BCUT2D eigenvalue weighted by atomic mass is 32.2. The first-order chi connectivity index (χ1) is 20.9. The Morgan fingerprint density at radius 1 is 1.24 bits per heavy atom. The predicted octanol–water partition coefficient (Wildman–Crippen LogP) is 6.15. The first kappa shape index (κ1) is 37.3. The van der Waals surface area contributed by atoms with Crippen molar-refractivity contribution in [3.8, 4) is 11.5 Å². The smallest absolute Gasteiger partial charge is 0.338 e. The molecule has 0 saturated heterocycles. The van der Waals surface area contributed by atoms with Crippen molar-refractivity contribution < 1.29 is 35.8 Å². The number of carbonyl (C=O) groups is 1. The Labute approximate surface area is 278 Å². The van der Waals surface area contributed by atoms with Gasteiger partial charge in [-0.3, -0.25) is 4.18 Å². The second kappa shape index (κ2) is 15.1. The molecule has 1 N–H and O–H groups in total. The topological polar surface area (TPSA) is 139 Å². The lowest BCUT2D eigenvalue weighted by Crippen LogP contribution is -2.48. The van der Waals surface area contributed by atoms with Gasteiger partial charge < -0.3 is 23.7 Å². The van der Waals surface area contributed by atoms with Crippen LogP contribution in [0.2, 0.25) is 18.1 Å². The molecular weight excluding hydrogens is 655 g/mol. The summed E-state index contributed by atoms with van der Waals surface area (Å²) in [4.78, 5) is 18.9. The van der Waals surface area contributed by atoms with E-state index in [4.69, 9.17) is 34.8 Å². The van der Waals surface area contributed by atoms with E-state index in [9.17, 15) is 13.2 Å². The first-order valence-electron chi connectivity index (χ1n) is 14.9. The molecule has 2 atom stereocenters. The lowest BCUT2D eigenvalue weighted by Gasteiger charge is -2.43. The van der Waals surface area contributed by atoms with E-state index < -0.39 is 30.3 Å². The Morgan fingerprint density at radius 3 is 2.51 bits per heavy atom. The Morgan fingerprint density at radius 2 is 1.93 bits per heavy atom. The number of thiocarbonyl (C=S) groups is 1. The van der Waals surface area contributed by atoms with Crippen molar-refractivity contribution in [1.82, 2.24) is 15.5 Å². The number of hydrogen-bond acceptors (Lipinski definition) is 12. The number of thioether (sulfide) groups is 1. The van der Waals surface area contributed by atoms with Crippen LogP contribution in [0.15, 0.2) is 10.6 Å². The van der Waals surface area contributed by atoms with Gasteiger partial charge in [0, 0.05) is 34.6 Å². The molecule has 0 saturated carbocycles. The minimum atomic E-state index is -3.71. The van der Waals surface area contributed by atoms with Crippen molar-refractivity contribution in [2.24, 2.45) is 11.8 Å². The van der Waals surface area contributed by atoms with Crippen molar-refractivity contribution in [1.29, 1.82) is 0 Å². The molecule has 11 nitrogen and oxygen atoms in total. The lowest BCUT2D eigenvalue weighted by atomic mass is 9.99. The van der Waals surface area contributed by atoms with E-state index >= 15 is 0 Å². The van der Waals surface area contributed by atoms with Gasteiger partial charge in [0.25, 0.3) is 18.4 Å². The molecule has 2 heterocycles. The van der Waals surface area contributed by atoms with Crippen LogP contribution in [0.5, 0.6) is 11.5 Å². The zero-order valence-corrected chi connectivity index (χ0v) is 31.4. The van der Waals surface area contributed by atoms with Gasteiger partial charge in [0.15, 0.2) is 5.82 Å². The lowest BCUT2D eigenvalue weighted by molar-refractivity contribution is 0.0393. The molecular formula is C30H47N3O8S3Si. The van der Waals surface area contributed by atoms with E-state index in [2.05, 4.69) is 56.2 Å². The van der Waals surface area contributed by atoms with Gasteiger partial charge in [0.2, 0.25) is 5.89 Å². The van der Waals surface area contributed by atoms with E-state index in [1.807, 2.05) is 13.0 Å². The van der Waals surface area contributed by atoms with Crippen molar-refractivity contribution >= 4 is 53.4 Å². The number of carbonyl (C=O) groups excluding carboxylic acids is 1. The molecule has 15 heteroatoms. The molecule has 0 amide bonds. The maximum Gasteiger partial charge on any atom is 0.338 e. The van der Waals surface area contributed by atoms with E-state index in [-0.39, 0.29) is 24.3 Å². The molecule has 2 aromatic rings. The highest BCUT2D eigenvalue weighted by Gasteiger charge is 2.45. The zero-order chi connectivity index (χ0) is 33.7. The first-order valence-corrected chi connectivity index (χ1v) is 21.2. The monoisotopic (exact) mass is 701 g/mol. The average Bonchev–Trinajstić information content (AvgIpc) is 3.37. The van der Waals surface area contributed by atoms with Gasteiger partial charge in [-0.15, -0.1) is 0 Å².